The van der Waals surface area contributed by atoms with Gasteiger partial charge in [-0.15, -0.1) is 0 Å². The van der Waals surface area contributed by atoms with Gasteiger partial charge in [0.2, 0.25) is 5.91 Å². The molecule has 1 heterocycles. The Bertz CT molecular complexity index is 1150. The molecule has 2 aromatic rings. The highest BCUT2D eigenvalue weighted by Crippen LogP contribution is 2.26. The molecule has 0 bridgehead atoms. The minimum absolute atomic E-state index is 0.102. The fourth-order valence-corrected chi connectivity index (χ4v) is 4.14. The van der Waals surface area contributed by atoms with Gasteiger partial charge >= 0.3 is 22.2 Å². The molecule has 174 valence electrons. The van der Waals surface area contributed by atoms with Gasteiger partial charge < -0.3 is 14.8 Å². The molecule has 1 fully saturated rings. The Kier molecular flexibility index (Phi) is 7.09. The van der Waals surface area contributed by atoms with Gasteiger partial charge in [-0.2, -0.15) is 12.7 Å². The molecule has 0 radical (unpaired) electrons. The molecule has 3 atom stereocenters. The smallest absolute Gasteiger partial charge is 0.363 e. The van der Waals surface area contributed by atoms with Crippen molar-refractivity contribution in [2.45, 2.75) is 24.6 Å². The van der Waals surface area contributed by atoms with Crippen LogP contribution in [0.2, 0.25) is 0 Å². The number of benzene rings is 2. The predicted molar refractivity (Wildman–Crippen MR) is 112 cm³/mol. The summed E-state index contributed by atoms with van der Waals surface area (Å²) in [7, 11) is -4.13. The fourth-order valence-electron chi connectivity index (χ4n) is 3.30. The average molecular weight is 476 g/mol. The number of amides is 2. The first-order chi connectivity index (χ1) is 15.6. The van der Waals surface area contributed by atoms with Crippen LogP contribution in [0, 0.1) is 0 Å². The molecule has 2 aromatic carbocycles. The number of esters is 2. The van der Waals surface area contributed by atoms with Gasteiger partial charge in [0.15, 0.2) is 12.0 Å². The van der Waals surface area contributed by atoms with E-state index in [4.69, 9.17) is 4.74 Å². The van der Waals surface area contributed by atoms with Crippen LogP contribution in [0.25, 0.3) is 0 Å². The van der Waals surface area contributed by atoms with Crippen molar-refractivity contribution < 1.29 is 41.6 Å². The lowest BCUT2D eigenvalue weighted by atomic mass is 9.94. The van der Waals surface area contributed by atoms with E-state index in [1.54, 1.807) is 48.5 Å². The van der Waals surface area contributed by atoms with Crippen molar-refractivity contribution in [1.29, 1.82) is 0 Å². The zero-order valence-corrected chi connectivity index (χ0v) is 18.1. The average Bonchev–Trinajstić information content (AvgIpc) is 2.79. The molecule has 3 rings (SSSR count). The third-order valence-electron chi connectivity index (χ3n) is 4.90. The summed E-state index contributed by atoms with van der Waals surface area (Å²) >= 11 is 0. The fraction of sp³-hybridized carbons (Fsp3) is 0.238. The lowest BCUT2D eigenvalue weighted by Gasteiger charge is -2.42. The van der Waals surface area contributed by atoms with Crippen molar-refractivity contribution >= 4 is 34.1 Å². The summed E-state index contributed by atoms with van der Waals surface area (Å²) in [5.74, 6) is -5.87. The minimum atomic E-state index is -5.08. The first-order valence-electron chi connectivity index (χ1n) is 9.59. The standard InChI is InChI=1S/C21H20N2O9S/c1-31-21(27)17-16(19(25)23(17)33(28,29)30)22-18(24)15(14-10-6-3-7-11-14)20(26)32-12-13-8-4-2-5-9-13/h2-11,15-17H,12H2,1H3,(H,22,24)(H,28,29,30)/t15?,16-,17-/m1/s1. The molecule has 1 saturated heterocycles. The maximum Gasteiger partial charge on any atom is 0.363 e. The van der Waals surface area contributed by atoms with E-state index in [1.165, 1.54) is 12.1 Å². The molecule has 1 aliphatic rings. The molecule has 11 nitrogen and oxygen atoms in total. The van der Waals surface area contributed by atoms with Crippen LogP contribution in [0.5, 0.6) is 0 Å². The van der Waals surface area contributed by atoms with Crippen LogP contribution < -0.4 is 5.32 Å². The van der Waals surface area contributed by atoms with E-state index in [-0.39, 0.29) is 16.5 Å². The Balaban J connectivity index is 1.82. The lowest BCUT2D eigenvalue weighted by Crippen LogP contribution is -2.74. The zero-order chi connectivity index (χ0) is 24.2. The number of ether oxygens (including phenoxy) is 2. The first kappa shape index (κ1) is 23.9. The Morgan fingerprint density at radius 3 is 2.18 bits per heavy atom. The van der Waals surface area contributed by atoms with Gasteiger partial charge in [0, 0.05) is 0 Å². The Morgan fingerprint density at radius 2 is 1.64 bits per heavy atom. The van der Waals surface area contributed by atoms with E-state index in [2.05, 4.69) is 10.1 Å². The largest absolute Gasteiger partial charge is 0.467 e. The SMILES string of the molecule is COC(=O)[C@H]1[C@@H](NC(=O)C(C(=O)OCc2ccccc2)c2ccccc2)C(=O)N1S(=O)(=O)O. The molecule has 0 spiro atoms. The normalized spacial score (nSPS) is 18.6. The highest BCUT2D eigenvalue weighted by molar-refractivity contribution is 7.84. The summed E-state index contributed by atoms with van der Waals surface area (Å²) in [6.45, 7) is -0.111. The van der Waals surface area contributed by atoms with Crippen LogP contribution in [-0.2, 0) is 45.6 Å². The number of nitrogens with zero attached hydrogens (tertiary/aromatic N) is 1. The van der Waals surface area contributed by atoms with E-state index in [0.29, 0.717) is 5.56 Å². The molecule has 33 heavy (non-hydrogen) atoms. The third-order valence-corrected chi connectivity index (χ3v) is 5.80. The topological polar surface area (TPSA) is 156 Å². The number of hydrogen-bond acceptors (Lipinski definition) is 8. The van der Waals surface area contributed by atoms with Crippen molar-refractivity contribution in [3.63, 3.8) is 0 Å². The van der Waals surface area contributed by atoms with Gasteiger partial charge in [-0.1, -0.05) is 60.7 Å². The number of methoxy groups -OCH3 is 1. The van der Waals surface area contributed by atoms with E-state index in [1.807, 2.05) is 0 Å². The number of hydrogen-bond donors (Lipinski definition) is 2. The van der Waals surface area contributed by atoms with Gasteiger partial charge in [0.25, 0.3) is 5.91 Å². The highest BCUT2D eigenvalue weighted by atomic mass is 32.2. The molecule has 2 amide bonds. The molecule has 1 unspecified atom stereocenters. The van der Waals surface area contributed by atoms with E-state index in [9.17, 15) is 32.1 Å². The molecule has 1 aliphatic heterocycles. The summed E-state index contributed by atoms with van der Waals surface area (Å²) in [5.41, 5.74) is 0.933. The summed E-state index contributed by atoms with van der Waals surface area (Å²) in [6, 6.07) is 13.1. The van der Waals surface area contributed by atoms with Crippen LogP contribution in [0.3, 0.4) is 0 Å². The van der Waals surface area contributed by atoms with Crippen molar-refractivity contribution in [1.82, 2.24) is 9.62 Å². The second kappa shape index (κ2) is 9.79. The number of carbonyl (C=O) groups is 4. The van der Waals surface area contributed by atoms with Crippen LogP contribution >= 0.6 is 0 Å². The molecule has 0 aromatic heterocycles. The van der Waals surface area contributed by atoms with Crippen molar-refractivity contribution in [2.75, 3.05) is 7.11 Å². The monoisotopic (exact) mass is 476 g/mol. The number of rotatable bonds is 8. The number of β-lactam (4-membered cyclic amide) rings is 1. The first-order valence-corrected chi connectivity index (χ1v) is 11.0. The maximum atomic E-state index is 13.0. The van der Waals surface area contributed by atoms with E-state index in [0.717, 1.165) is 7.11 Å². The quantitative estimate of drug-likeness (QED) is 0.235. The third kappa shape index (κ3) is 5.18. The zero-order valence-electron chi connectivity index (χ0n) is 17.3. The number of nitrogens with one attached hydrogen (secondary N) is 1. The molecule has 0 aliphatic carbocycles. The summed E-state index contributed by atoms with van der Waals surface area (Å²) in [5, 5.41) is 2.20. The molecular weight excluding hydrogens is 456 g/mol. The maximum absolute atomic E-state index is 13.0. The van der Waals surface area contributed by atoms with E-state index >= 15 is 0 Å². The van der Waals surface area contributed by atoms with Crippen molar-refractivity contribution in [3.8, 4) is 0 Å². The Morgan fingerprint density at radius 1 is 1.06 bits per heavy atom. The Hall–Kier alpha value is -3.77. The van der Waals surface area contributed by atoms with Crippen molar-refractivity contribution in [3.05, 3.63) is 71.8 Å². The molecule has 12 heteroatoms. The van der Waals surface area contributed by atoms with Gasteiger partial charge in [-0.25, -0.2) is 4.79 Å². The number of carbonyl (C=O) groups excluding carboxylic acids is 4. The van der Waals surface area contributed by atoms with Crippen LogP contribution in [0.1, 0.15) is 17.0 Å². The van der Waals surface area contributed by atoms with Crippen LogP contribution in [0.4, 0.5) is 0 Å². The second-order valence-electron chi connectivity index (χ2n) is 7.00. The van der Waals surface area contributed by atoms with Gasteiger partial charge in [-0.3, -0.25) is 18.9 Å². The highest BCUT2D eigenvalue weighted by Gasteiger charge is 2.59. The lowest BCUT2D eigenvalue weighted by molar-refractivity contribution is -0.163. The van der Waals surface area contributed by atoms with Crippen molar-refractivity contribution in [2.24, 2.45) is 0 Å². The summed E-state index contributed by atoms with van der Waals surface area (Å²) in [4.78, 5) is 50.1. The predicted octanol–water partition coefficient (Wildman–Crippen LogP) is 0.185. The summed E-state index contributed by atoms with van der Waals surface area (Å²) < 4.78 is 41.7. The molecule has 0 saturated carbocycles. The van der Waals surface area contributed by atoms with Gasteiger partial charge in [-0.05, 0) is 11.1 Å². The Labute approximate surface area is 189 Å². The van der Waals surface area contributed by atoms with E-state index < -0.39 is 52.1 Å². The minimum Gasteiger partial charge on any atom is -0.467 e. The van der Waals surface area contributed by atoms with Gasteiger partial charge in [0.05, 0.1) is 7.11 Å². The molecule has 2 N–H and O–H groups in total. The van der Waals surface area contributed by atoms with Crippen LogP contribution in [-0.4, -0.2) is 60.2 Å². The summed E-state index contributed by atoms with van der Waals surface area (Å²) in [6.07, 6.45) is 0. The second-order valence-corrected chi connectivity index (χ2v) is 8.29. The van der Waals surface area contributed by atoms with Gasteiger partial charge in [0.1, 0.15) is 12.6 Å². The molecular formula is C21H20N2O9S. The van der Waals surface area contributed by atoms with Crippen LogP contribution in [0.15, 0.2) is 60.7 Å².